The van der Waals surface area contributed by atoms with Crippen molar-refractivity contribution in [3.8, 4) is 5.75 Å². The number of nitrogens with zero attached hydrogens (tertiary/aromatic N) is 4. The number of rotatable bonds is 5. The zero-order chi connectivity index (χ0) is 20.3. The number of amides is 1. The number of halogens is 3. The first kappa shape index (κ1) is 19.7. The van der Waals surface area contributed by atoms with Crippen LogP contribution in [0.5, 0.6) is 5.75 Å². The summed E-state index contributed by atoms with van der Waals surface area (Å²) in [6, 6.07) is 7.15. The summed E-state index contributed by atoms with van der Waals surface area (Å²) >= 11 is 0. The Morgan fingerprint density at radius 2 is 2.00 bits per heavy atom. The van der Waals surface area contributed by atoms with Crippen molar-refractivity contribution in [1.29, 1.82) is 0 Å². The Morgan fingerprint density at radius 3 is 2.71 bits per heavy atom. The van der Waals surface area contributed by atoms with Gasteiger partial charge in [-0.25, -0.2) is 9.97 Å². The number of likely N-dealkylation sites (N-methyl/N-ethyl adjacent to an activating group) is 1. The van der Waals surface area contributed by atoms with E-state index < -0.39 is 6.36 Å². The third kappa shape index (κ3) is 5.02. The molecule has 150 valence electrons. The second-order valence-corrected chi connectivity index (χ2v) is 6.48. The van der Waals surface area contributed by atoms with E-state index in [-0.39, 0.29) is 24.2 Å². The number of benzene rings is 1. The first-order valence-corrected chi connectivity index (χ1v) is 8.64. The van der Waals surface area contributed by atoms with Crippen LogP contribution in [-0.4, -0.2) is 53.8 Å². The zero-order valence-corrected chi connectivity index (χ0v) is 15.4. The highest BCUT2D eigenvalue weighted by atomic mass is 19.4. The number of nitrogens with one attached hydrogen (secondary N) is 1. The molecule has 2 heterocycles. The highest BCUT2D eigenvalue weighted by Gasteiger charge is 2.31. The molecule has 0 saturated carbocycles. The minimum atomic E-state index is -4.74. The van der Waals surface area contributed by atoms with Gasteiger partial charge in [-0.1, -0.05) is 12.1 Å². The second-order valence-electron chi connectivity index (χ2n) is 6.48. The summed E-state index contributed by atoms with van der Waals surface area (Å²) in [6.45, 7) is 3.30. The zero-order valence-electron chi connectivity index (χ0n) is 15.4. The molecule has 0 bridgehead atoms. The van der Waals surface area contributed by atoms with E-state index in [9.17, 15) is 18.0 Å². The van der Waals surface area contributed by atoms with Crippen molar-refractivity contribution < 1.29 is 22.7 Å². The van der Waals surface area contributed by atoms with Crippen molar-refractivity contribution in [2.75, 3.05) is 36.9 Å². The van der Waals surface area contributed by atoms with Crippen LogP contribution in [0.1, 0.15) is 18.5 Å². The molecule has 1 fully saturated rings. The number of aromatic nitrogens is 2. The largest absolute Gasteiger partial charge is 0.573 e. The molecule has 1 N–H and O–H groups in total. The Hall–Kier alpha value is -3.04. The molecule has 1 aromatic heterocycles. The van der Waals surface area contributed by atoms with Gasteiger partial charge in [0.15, 0.2) is 0 Å². The molecule has 2 aromatic rings. The summed E-state index contributed by atoms with van der Waals surface area (Å²) in [5, 5.41) is 3.14. The average Bonchev–Trinajstić information content (AvgIpc) is 2.63. The SMILES string of the molecule is CC(Nc1cc(N2CCN(C)C(=O)C2)ncn1)c1cccc(OC(F)(F)F)c1. The smallest absolute Gasteiger partial charge is 0.406 e. The highest BCUT2D eigenvalue weighted by Crippen LogP contribution is 2.27. The van der Waals surface area contributed by atoms with Crippen molar-refractivity contribution in [1.82, 2.24) is 14.9 Å². The highest BCUT2D eigenvalue weighted by molar-refractivity contribution is 5.82. The van der Waals surface area contributed by atoms with Crippen LogP contribution < -0.4 is 15.0 Å². The summed E-state index contributed by atoms with van der Waals surface area (Å²) in [5.74, 6) is 0.846. The third-order valence-electron chi connectivity index (χ3n) is 4.39. The van der Waals surface area contributed by atoms with Gasteiger partial charge in [-0.05, 0) is 24.6 Å². The summed E-state index contributed by atoms with van der Waals surface area (Å²) in [5.41, 5.74) is 0.608. The molecule has 7 nitrogen and oxygen atoms in total. The molecule has 1 aromatic carbocycles. The fraction of sp³-hybridized carbons (Fsp3) is 0.389. The first-order chi connectivity index (χ1) is 13.2. The van der Waals surface area contributed by atoms with E-state index in [1.54, 1.807) is 31.0 Å². The standard InChI is InChI=1S/C18H20F3N5O2/c1-12(13-4-3-5-14(8-13)28-18(19,20)21)24-15-9-16(23-11-22-15)26-7-6-25(2)17(27)10-26/h3-5,8-9,11-12H,6-7,10H2,1-2H3,(H,22,23,24). The van der Waals surface area contributed by atoms with Crippen LogP contribution in [0.3, 0.4) is 0 Å². The van der Waals surface area contributed by atoms with Gasteiger partial charge in [0.25, 0.3) is 0 Å². The van der Waals surface area contributed by atoms with E-state index in [4.69, 9.17) is 0 Å². The number of piperazine rings is 1. The Kier molecular flexibility index (Phi) is 5.57. The van der Waals surface area contributed by atoms with E-state index in [1.165, 1.54) is 24.5 Å². The summed E-state index contributed by atoms with van der Waals surface area (Å²) in [7, 11) is 1.75. The number of ether oxygens (including phenoxy) is 1. The molecule has 1 unspecified atom stereocenters. The van der Waals surface area contributed by atoms with Gasteiger partial charge in [0.2, 0.25) is 5.91 Å². The van der Waals surface area contributed by atoms with Crippen LogP contribution in [0.25, 0.3) is 0 Å². The van der Waals surface area contributed by atoms with Crippen LogP contribution in [0.4, 0.5) is 24.8 Å². The van der Waals surface area contributed by atoms with Gasteiger partial charge >= 0.3 is 6.36 Å². The third-order valence-corrected chi connectivity index (χ3v) is 4.39. The lowest BCUT2D eigenvalue weighted by atomic mass is 10.1. The van der Waals surface area contributed by atoms with Gasteiger partial charge < -0.3 is 19.9 Å². The summed E-state index contributed by atoms with van der Waals surface area (Å²) in [6.07, 6.45) is -3.35. The second kappa shape index (κ2) is 7.91. The normalized spacial score (nSPS) is 16.1. The van der Waals surface area contributed by atoms with Gasteiger partial charge in [0.05, 0.1) is 12.6 Å². The predicted molar refractivity (Wildman–Crippen MR) is 97.0 cm³/mol. The van der Waals surface area contributed by atoms with Crippen molar-refractivity contribution >= 4 is 17.5 Å². The Balaban J connectivity index is 1.70. The Labute approximate surface area is 160 Å². The van der Waals surface area contributed by atoms with Crippen LogP contribution >= 0.6 is 0 Å². The number of alkyl halides is 3. The molecule has 0 spiro atoms. The van der Waals surface area contributed by atoms with Gasteiger partial charge in [-0.3, -0.25) is 4.79 Å². The summed E-state index contributed by atoms with van der Waals surface area (Å²) < 4.78 is 41.2. The minimum absolute atomic E-state index is 0.00854. The lowest BCUT2D eigenvalue weighted by Gasteiger charge is -2.32. The molecule has 1 saturated heterocycles. The van der Waals surface area contributed by atoms with Crippen molar-refractivity contribution in [3.63, 3.8) is 0 Å². The van der Waals surface area contributed by atoms with E-state index in [0.29, 0.717) is 30.3 Å². The minimum Gasteiger partial charge on any atom is -0.406 e. The molecule has 1 atom stereocenters. The average molecular weight is 395 g/mol. The summed E-state index contributed by atoms with van der Waals surface area (Å²) in [4.78, 5) is 23.8. The van der Waals surface area contributed by atoms with E-state index >= 15 is 0 Å². The van der Waals surface area contributed by atoms with Gasteiger partial charge in [0.1, 0.15) is 23.7 Å². The quantitative estimate of drug-likeness (QED) is 0.840. The molecule has 10 heteroatoms. The first-order valence-electron chi connectivity index (χ1n) is 8.64. The fourth-order valence-corrected chi connectivity index (χ4v) is 2.84. The molecular weight excluding hydrogens is 375 g/mol. The van der Waals surface area contributed by atoms with Crippen LogP contribution in [0.15, 0.2) is 36.7 Å². The molecule has 0 aliphatic carbocycles. The molecule has 3 rings (SSSR count). The van der Waals surface area contributed by atoms with Crippen molar-refractivity contribution in [3.05, 3.63) is 42.2 Å². The Morgan fingerprint density at radius 1 is 1.21 bits per heavy atom. The molecule has 1 aliphatic rings. The van der Waals surface area contributed by atoms with Gasteiger partial charge in [-0.2, -0.15) is 0 Å². The van der Waals surface area contributed by atoms with E-state index in [0.717, 1.165) is 0 Å². The topological polar surface area (TPSA) is 70.6 Å². The molecular formula is C18H20F3N5O2. The Bertz CT molecular complexity index is 846. The number of anilines is 2. The van der Waals surface area contributed by atoms with Gasteiger partial charge in [0, 0.05) is 26.2 Å². The maximum Gasteiger partial charge on any atom is 0.573 e. The van der Waals surface area contributed by atoms with Crippen molar-refractivity contribution in [2.24, 2.45) is 0 Å². The molecule has 0 radical (unpaired) electrons. The number of hydrogen-bond acceptors (Lipinski definition) is 6. The monoisotopic (exact) mass is 395 g/mol. The molecule has 1 amide bonds. The maximum atomic E-state index is 12.4. The van der Waals surface area contributed by atoms with E-state index in [1.807, 2.05) is 4.90 Å². The molecule has 28 heavy (non-hydrogen) atoms. The van der Waals surface area contributed by atoms with Crippen LogP contribution in [0, 0.1) is 0 Å². The number of carbonyl (C=O) groups excluding carboxylic acids is 1. The number of hydrogen-bond donors (Lipinski definition) is 1. The lowest BCUT2D eigenvalue weighted by molar-refractivity contribution is -0.274. The molecule has 1 aliphatic heterocycles. The van der Waals surface area contributed by atoms with E-state index in [2.05, 4.69) is 20.0 Å². The fourth-order valence-electron chi connectivity index (χ4n) is 2.84. The maximum absolute atomic E-state index is 12.4. The van der Waals surface area contributed by atoms with Crippen molar-refractivity contribution in [2.45, 2.75) is 19.3 Å². The number of carbonyl (C=O) groups is 1. The predicted octanol–water partition coefficient (Wildman–Crippen LogP) is 2.83. The van der Waals surface area contributed by atoms with Crippen LogP contribution in [-0.2, 0) is 4.79 Å². The van der Waals surface area contributed by atoms with Gasteiger partial charge in [-0.15, -0.1) is 13.2 Å². The van der Waals surface area contributed by atoms with Crippen LogP contribution in [0.2, 0.25) is 0 Å². The lowest BCUT2D eigenvalue weighted by Crippen LogP contribution is -2.48.